The van der Waals surface area contributed by atoms with Crippen molar-refractivity contribution in [1.82, 2.24) is 0 Å². The summed E-state index contributed by atoms with van der Waals surface area (Å²) in [7, 11) is 3.98. The number of ketones is 1. The number of Topliss-reactive ketones (excluding diaryl/α,β-unsaturated/α-hetero) is 1. The molecule has 0 atom stereocenters. The monoisotopic (exact) mass is 209 g/mol. The summed E-state index contributed by atoms with van der Waals surface area (Å²) in [5.74, 6) is 0.928. The molecule has 0 amide bonds. The van der Waals surface area contributed by atoms with Gasteiger partial charge in [-0.05, 0) is 24.8 Å². The van der Waals surface area contributed by atoms with Crippen molar-refractivity contribution in [2.75, 3.05) is 19.0 Å². The lowest BCUT2D eigenvalue weighted by Crippen LogP contribution is -2.10. The van der Waals surface area contributed by atoms with Crippen molar-refractivity contribution in [3.8, 4) is 0 Å². The second kappa shape index (κ2) is 3.39. The first-order chi connectivity index (χ1) is 6.59. The lowest BCUT2D eigenvalue weighted by Gasteiger charge is -2.10. The number of rotatable bonds is 3. The highest BCUT2D eigenvalue weighted by atomic mass is 32.1. The van der Waals surface area contributed by atoms with Crippen LogP contribution in [-0.2, 0) is 0 Å². The highest BCUT2D eigenvalue weighted by Gasteiger charge is 2.27. The predicted octanol–water partition coefficient (Wildman–Crippen LogP) is 2.89. The van der Waals surface area contributed by atoms with Gasteiger partial charge in [0, 0.05) is 25.9 Å². The highest BCUT2D eigenvalue weighted by Crippen LogP contribution is 2.46. The van der Waals surface area contributed by atoms with Crippen molar-refractivity contribution < 1.29 is 4.79 Å². The zero-order chi connectivity index (χ0) is 10.3. The number of anilines is 1. The van der Waals surface area contributed by atoms with Gasteiger partial charge in [0.15, 0.2) is 5.78 Å². The van der Waals surface area contributed by atoms with Gasteiger partial charge in [-0.2, -0.15) is 0 Å². The van der Waals surface area contributed by atoms with E-state index >= 15 is 0 Å². The molecule has 1 heterocycles. The van der Waals surface area contributed by atoms with E-state index in [1.165, 1.54) is 17.7 Å². The van der Waals surface area contributed by atoms with Gasteiger partial charge in [0.25, 0.3) is 0 Å². The van der Waals surface area contributed by atoms with Crippen LogP contribution in [0, 0.1) is 0 Å². The standard InChI is InChI=1S/C11H15NOS/c1-7(13)11-9(12(2)3)6-10(14-11)8-4-5-8/h6,8H,4-5H2,1-3H3. The Kier molecular flexibility index (Phi) is 2.35. The van der Waals surface area contributed by atoms with E-state index in [-0.39, 0.29) is 5.78 Å². The van der Waals surface area contributed by atoms with Crippen LogP contribution in [0.25, 0.3) is 0 Å². The summed E-state index contributed by atoms with van der Waals surface area (Å²) < 4.78 is 0. The Morgan fingerprint density at radius 1 is 1.50 bits per heavy atom. The van der Waals surface area contributed by atoms with E-state index in [4.69, 9.17) is 0 Å². The molecule has 1 aliphatic carbocycles. The van der Waals surface area contributed by atoms with Crippen molar-refractivity contribution in [3.63, 3.8) is 0 Å². The maximum atomic E-state index is 11.4. The van der Waals surface area contributed by atoms with Crippen LogP contribution in [0.3, 0.4) is 0 Å². The van der Waals surface area contributed by atoms with Gasteiger partial charge < -0.3 is 4.90 Å². The minimum absolute atomic E-state index is 0.186. The molecule has 0 spiro atoms. The fraction of sp³-hybridized carbons (Fsp3) is 0.545. The van der Waals surface area contributed by atoms with E-state index in [0.717, 1.165) is 16.5 Å². The molecule has 0 radical (unpaired) electrons. The van der Waals surface area contributed by atoms with Crippen molar-refractivity contribution in [2.24, 2.45) is 0 Å². The lowest BCUT2D eigenvalue weighted by molar-refractivity contribution is 0.102. The summed E-state index contributed by atoms with van der Waals surface area (Å²) in [4.78, 5) is 15.7. The normalized spacial score (nSPS) is 15.6. The molecule has 3 heteroatoms. The van der Waals surface area contributed by atoms with Crippen molar-refractivity contribution in [2.45, 2.75) is 25.7 Å². The molecule has 2 rings (SSSR count). The number of thiophene rings is 1. The third-order valence-corrected chi connectivity index (χ3v) is 3.90. The van der Waals surface area contributed by atoms with Crippen LogP contribution in [0.5, 0.6) is 0 Å². The van der Waals surface area contributed by atoms with E-state index in [2.05, 4.69) is 6.07 Å². The minimum Gasteiger partial charge on any atom is -0.376 e. The SMILES string of the molecule is CC(=O)c1sc(C2CC2)cc1N(C)C. The van der Waals surface area contributed by atoms with E-state index in [0.29, 0.717) is 0 Å². The van der Waals surface area contributed by atoms with Crippen LogP contribution in [0.15, 0.2) is 6.07 Å². The van der Waals surface area contributed by atoms with Crippen molar-refractivity contribution >= 4 is 22.8 Å². The van der Waals surface area contributed by atoms with E-state index in [1.54, 1.807) is 18.3 Å². The van der Waals surface area contributed by atoms with E-state index in [9.17, 15) is 4.79 Å². The summed E-state index contributed by atoms with van der Waals surface area (Å²) >= 11 is 1.68. The smallest absolute Gasteiger partial charge is 0.171 e. The topological polar surface area (TPSA) is 20.3 Å². The predicted molar refractivity (Wildman–Crippen MR) is 60.6 cm³/mol. The molecule has 1 aromatic rings. The average Bonchev–Trinajstić information content (AvgIpc) is 2.83. The summed E-state index contributed by atoms with van der Waals surface area (Å²) in [6.45, 7) is 1.65. The van der Waals surface area contributed by atoms with E-state index in [1.807, 2.05) is 19.0 Å². The molecule has 0 saturated heterocycles. The van der Waals surface area contributed by atoms with Gasteiger partial charge in [-0.1, -0.05) is 0 Å². The van der Waals surface area contributed by atoms with Crippen LogP contribution in [0.2, 0.25) is 0 Å². The van der Waals surface area contributed by atoms with Crippen LogP contribution in [0.4, 0.5) is 5.69 Å². The fourth-order valence-corrected chi connectivity index (χ4v) is 2.85. The zero-order valence-electron chi connectivity index (χ0n) is 8.83. The van der Waals surface area contributed by atoms with E-state index < -0.39 is 0 Å². The summed E-state index contributed by atoms with van der Waals surface area (Å²) in [6.07, 6.45) is 2.59. The maximum Gasteiger partial charge on any atom is 0.171 e. The van der Waals surface area contributed by atoms with Crippen molar-refractivity contribution in [3.05, 3.63) is 15.8 Å². The zero-order valence-corrected chi connectivity index (χ0v) is 9.65. The van der Waals surface area contributed by atoms with Gasteiger partial charge in [-0.3, -0.25) is 4.79 Å². The van der Waals surface area contributed by atoms with Crippen molar-refractivity contribution in [1.29, 1.82) is 0 Å². The maximum absolute atomic E-state index is 11.4. The molecular formula is C11H15NOS. The summed E-state index contributed by atoms with van der Waals surface area (Å²) in [6, 6.07) is 2.18. The molecule has 0 unspecified atom stereocenters. The molecule has 0 aromatic carbocycles. The molecule has 0 aliphatic heterocycles. The fourth-order valence-electron chi connectivity index (χ4n) is 1.55. The number of carbonyl (C=O) groups excluding carboxylic acids is 1. The second-order valence-corrected chi connectivity index (χ2v) is 5.17. The first-order valence-corrected chi connectivity index (χ1v) is 5.73. The third-order valence-electron chi connectivity index (χ3n) is 2.51. The number of hydrogen-bond donors (Lipinski definition) is 0. The largest absolute Gasteiger partial charge is 0.376 e. The molecule has 0 N–H and O–H groups in total. The minimum atomic E-state index is 0.186. The highest BCUT2D eigenvalue weighted by molar-refractivity contribution is 7.14. The molecule has 2 nitrogen and oxygen atoms in total. The lowest BCUT2D eigenvalue weighted by atomic mass is 10.2. The summed E-state index contributed by atoms with van der Waals surface area (Å²) in [5.41, 5.74) is 1.09. The molecule has 0 bridgehead atoms. The first-order valence-electron chi connectivity index (χ1n) is 4.91. The Balaban J connectivity index is 2.39. The molecule has 1 aliphatic rings. The molecule has 14 heavy (non-hydrogen) atoms. The number of hydrogen-bond acceptors (Lipinski definition) is 3. The van der Waals surface area contributed by atoms with Gasteiger partial charge in [-0.15, -0.1) is 11.3 Å². The van der Waals surface area contributed by atoms with Crippen LogP contribution < -0.4 is 4.90 Å². The quantitative estimate of drug-likeness (QED) is 0.713. The van der Waals surface area contributed by atoms with Gasteiger partial charge in [-0.25, -0.2) is 0 Å². The summed E-state index contributed by atoms with van der Waals surface area (Å²) in [5, 5.41) is 0. The van der Waals surface area contributed by atoms with Crippen LogP contribution in [0.1, 0.15) is 40.2 Å². The molecule has 1 saturated carbocycles. The third kappa shape index (κ3) is 1.69. The Morgan fingerprint density at radius 3 is 2.50 bits per heavy atom. The molecular weight excluding hydrogens is 194 g/mol. The molecule has 1 fully saturated rings. The first kappa shape index (κ1) is 9.71. The second-order valence-electron chi connectivity index (χ2n) is 4.09. The Bertz CT molecular complexity index is 363. The number of nitrogens with zero attached hydrogens (tertiary/aromatic N) is 1. The van der Waals surface area contributed by atoms with Gasteiger partial charge in [0.05, 0.1) is 10.6 Å². The number of carbonyl (C=O) groups is 1. The van der Waals surface area contributed by atoms with Gasteiger partial charge in [0.2, 0.25) is 0 Å². The average molecular weight is 209 g/mol. The van der Waals surface area contributed by atoms with Crippen LogP contribution >= 0.6 is 11.3 Å². The Morgan fingerprint density at radius 2 is 2.14 bits per heavy atom. The van der Waals surface area contributed by atoms with Gasteiger partial charge >= 0.3 is 0 Å². The molecule has 1 aromatic heterocycles. The Labute approximate surface area is 88.5 Å². The van der Waals surface area contributed by atoms with Crippen LogP contribution in [-0.4, -0.2) is 19.9 Å². The Hall–Kier alpha value is -0.830. The molecule has 76 valence electrons. The van der Waals surface area contributed by atoms with Gasteiger partial charge in [0.1, 0.15) is 0 Å².